The molecule has 0 bridgehead atoms. The molecule has 0 radical (unpaired) electrons. The maximum absolute atomic E-state index is 12.5. The van der Waals surface area contributed by atoms with Gasteiger partial charge in [-0.3, -0.25) is 14.4 Å². The Balaban J connectivity index is 1.33. The molecule has 7 nitrogen and oxygen atoms in total. The fourth-order valence-corrected chi connectivity index (χ4v) is 3.92. The van der Waals surface area contributed by atoms with Gasteiger partial charge >= 0.3 is 5.97 Å². The maximum atomic E-state index is 12.5. The molecule has 7 heteroatoms. The number of aryl methyl sites for hydroxylation is 1. The molecule has 160 valence electrons. The van der Waals surface area contributed by atoms with E-state index in [1.165, 1.54) is 5.01 Å². The minimum Gasteiger partial charge on any atom is -0.455 e. The molecule has 0 saturated carbocycles. The zero-order chi connectivity index (χ0) is 22.0. The molecule has 2 aliphatic rings. The average molecular weight is 419 g/mol. The van der Waals surface area contributed by atoms with Crippen molar-refractivity contribution in [1.82, 2.24) is 5.01 Å². The number of amides is 2. The molecular formula is C24H25N3O4. The maximum Gasteiger partial charge on any atom is 0.311 e. The Morgan fingerprint density at radius 1 is 1.10 bits per heavy atom. The summed E-state index contributed by atoms with van der Waals surface area (Å²) < 4.78 is 5.25. The van der Waals surface area contributed by atoms with Crippen molar-refractivity contribution >= 4 is 29.2 Å². The molecule has 0 aliphatic carbocycles. The quantitative estimate of drug-likeness (QED) is 0.698. The highest BCUT2D eigenvalue weighted by Crippen LogP contribution is 2.29. The van der Waals surface area contributed by atoms with Crippen molar-refractivity contribution in [3.8, 4) is 0 Å². The van der Waals surface area contributed by atoms with Gasteiger partial charge in [0.15, 0.2) is 6.61 Å². The number of hydrogen-bond donors (Lipinski definition) is 0. The molecule has 2 aromatic carbocycles. The first-order chi connectivity index (χ1) is 14.9. The van der Waals surface area contributed by atoms with E-state index >= 15 is 0 Å². The van der Waals surface area contributed by atoms with Crippen molar-refractivity contribution in [3.05, 3.63) is 65.2 Å². The minimum absolute atomic E-state index is 0.0838. The Hall–Kier alpha value is -3.48. The van der Waals surface area contributed by atoms with Crippen LogP contribution in [0.15, 0.2) is 53.6 Å². The van der Waals surface area contributed by atoms with Gasteiger partial charge < -0.3 is 9.64 Å². The number of nitrogens with zero attached hydrogens (tertiary/aromatic N) is 3. The summed E-state index contributed by atoms with van der Waals surface area (Å²) in [6, 6.07) is 15.4. The second kappa shape index (κ2) is 8.71. The van der Waals surface area contributed by atoms with Crippen LogP contribution in [0.4, 0.5) is 5.69 Å². The van der Waals surface area contributed by atoms with Crippen molar-refractivity contribution in [2.45, 2.75) is 26.7 Å². The van der Waals surface area contributed by atoms with Crippen molar-refractivity contribution < 1.29 is 19.1 Å². The van der Waals surface area contributed by atoms with Crippen LogP contribution in [-0.2, 0) is 19.1 Å². The minimum atomic E-state index is -0.581. The van der Waals surface area contributed by atoms with E-state index in [4.69, 9.17) is 4.74 Å². The number of rotatable bonds is 5. The van der Waals surface area contributed by atoms with Crippen LogP contribution in [0.25, 0.3) is 0 Å². The summed E-state index contributed by atoms with van der Waals surface area (Å²) in [5, 5.41) is 5.71. The topological polar surface area (TPSA) is 79.3 Å². The van der Waals surface area contributed by atoms with Crippen LogP contribution < -0.4 is 4.90 Å². The molecule has 0 spiro atoms. The van der Waals surface area contributed by atoms with Gasteiger partial charge in [0.2, 0.25) is 5.91 Å². The van der Waals surface area contributed by atoms with Crippen LogP contribution in [0.2, 0.25) is 0 Å². The molecule has 2 aliphatic heterocycles. The zero-order valence-corrected chi connectivity index (χ0v) is 17.7. The van der Waals surface area contributed by atoms with E-state index in [1.807, 2.05) is 62.4 Å². The van der Waals surface area contributed by atoms with E-state index < -0.39 is 11.9 Å². The van der Waals surface area contributed by atoms with Crippen molar-refractivity contribution in [2.75, 3.05) is 24.6 Å². The van der Waals surface area contributed by atoms with E-state index in [0.717, 1.165) is 28.1 Å². The third kappa shape index (κ3) is 4.35. The third-order valence-electron chi connectivity index (χ3n) is 5.86. The van der Waals surface area contributed by atoms with Gasteiger partial charge in [0, 0.05) is 25.1 Å². The van der Waals surface area contributed by atoms with Gasteiger partial charge in [-0.1, -0.05) is 42.5 Å². The molecular weight excluding hydrogens is 394 g/mol. The van der Waals surface area contributed by atoms with Crippen LogP contribution in [-0.4, -0.2) is 48.2 Å². The van der Waals surface area contributed by atoms with Crippen molar-refractivity contribution in [2.24, 2.45) is 11.0 Å². The lowest BCUT2D eigenvalue weighted by atomic mass is 10.1. The highest BCUT2D eigenvalue weighted by Gasteiger charge is 2.37. The summed E-state index contributed by atoms with van der Waals surface area (Å²) in [4.78, 5) is 39.1. The van der Waals surface area contributed by atoms with E-state index in [9.17, 15) is 14.4 Å². The Labute approximate surface area is 181 Å². The fraction of sp³-hybridized carbons (Fsp3) is 0.333. The van der Waals surface area contributed by atoms with Gasteiger partial charge in [-0.15, -0.1) is 0 Å². The first kappa shape index (κ1) is 20.8. The van der Waals surface area contributed by atoms with Gasteiger partial charge in [0.25, 0.3) is 5.91 Å². The van der Waals surface area contributed by atoms with Crippen LogP contribution >= 0.6 is 0 Å². The molecule has 2 amide bonds. The number of hydrazone groups is 1. The van der Waals surface area contributed by atoms with E-state index in [0.29, 0.717) is 13.0 Å². The Kier molecular flexibility index (Phi) is 5.84. The normalized spacial score (nSPS) is 18.3. The summed E-state index contributed by atoms with van der Waals surface area (Å²) in [6.45, 7) is 4.29. The first-order valence-electron chi connectivity index (χ1n) is 10.4. The van der Waals surface area contributed by atoms with Gasteiger partial charge in [-0.25, -0.2) is 5.01 Å². The number of esters is 1. The lowest BCUT2D eigenvalue weighted by Gasteiger charge is -2.20. The number of hydrogen-bond acceptors (Lipinski definition) is 5. The van der Waals surface area contributed by atoms with Crippen LogP contribution in [0.5, 0.6) is 0 Å². The molecule has 4 rings (SSSR count). The highest BCUT2D eigenvalue weighted by atomic mass is 16.5. The molecule has 1 atom stereocenters. The SMILES string of the molecule is Cc1cccc(N2C[C@@H](C(=O)OCC(=O)N3CCC(c4ccccc4)=N3)CC2=O)c1C. The summed E-state index contributed by atoms with van der Waals surface area (Å²) in [5.74, 6) is -1.59. The first-order valence-corrected chi connectivity index (χ1v) is 10.4. The van der Waals surface area contributed by atoms with Crippen molar-refractivity contribution in [3.63, 3.8) is 0 Å². The lowest BCUT2D eigenvalue weighted by molar-refractivity contribution is -0.155. The number of benzene rings is 2. The summed E-state index contributed by atoms with van der Waals surface area (Å²) in [5.41, 5.74) is 4.73. The molecule has 2 heterocycles. The predicted octanol–water partition coefficient (Wildman–Crippen LogP) is 2.84. The Morgan fingerprint density at radius 3 is 2.65 bits per heavy atom. The second-order valence-corrected chi connectivity index (χ2v) is 7.91. The number of ether oxygens (including phenoxy) is 1. The zero-order valence-electron chi connectivity index (χ0n) is 17.7. The monoisotopic (exact) mass is 419 g/mol. The van der Waals surface area contributed by atoms with Crippen LogP contribution in [0.3, 0.4) is 0 Å². The highest BCUT2D eigenvalue weighted by molar-refractivity contribution is 6.03. The Morgan fingerprint density at radius 2 is 1.87 bits per heavy atom. The van der Waals surface area contributed by atoms with Gasteiger partial charge in [-0.05, 0) is 36.6 Å². The summed E-state index contributed by atoms with van der Waals surface area (Å²) in [7, 11) is 0. The molecule has 1 saturated heterocycles. The molecule has 31 heavy (non-hydrogen) atoms. The lowest BCUT2D eigenvalue weighted by Crippen LogP contribution is -2.31. The number of carbonyl (C=O) groups excluding carboxylic acids is 3. The van der Waals surface area contributed by atoms with Crippen LogP contribution in [0, 0.1) is 19.8 Å². The molecule has 1 fully saturated rings. The molecule has 2 aromatic rings. The number of anilines is 1. The third-order valence-corrected chi connectivity index (χ3v) is 5.86. The predicted molar refractivity (Wildman–Crippen MR) is 117 cm³/mol. The summed E-state index contributed by atoms with van der Waals surface area (Å²) in [6.07, 6.45) is 0.742. The van der Waals surface area contributed by atoms with Gasteiger partial charge in [0.1, 0.15) is 0 Å². The number of carbonyl (C=O) groups is 3. The summed E-state index contributed by atoms with van der Waals surface area (Å²) >= 11 is 0. The second-order valence-electron chi connectivity index (χ2n) is 7.91. The van der Waals surface area contributed by atoms with E-state index in [2.05, 4.69) is 5.10 Å². The standard InChI is InChI=1S/C24H25N3O4/c1-16-7-6-10-21(17(16)2)26-14-19(13-22(26)28)24(30)31-15-23(29)27-12-11-20(25-27)18-8-4-3-5-9-18/h3-10,19H,11-15H2,1-2H3/t19-/m0/s1. The average Bonchev–Trinajstić information content (AvgIpc) is 3.42. The largest absolute Gasteiger partial charge is 0.455 e. The smallest absolute Gasteiger partial charge is 0.311 e. The molecule has 0 unspecified atom stereocenters. The van der Waals surface area contributed by atoms with Crippen molar-refractivity contribution in [1.29, 1.82) is 0 Å². The molecule has 0 N–H and O–H groups in total. The van der Waals surface area contributed by atoms with Gasteiger partial charge in [-0.2, -0.15) is 5.10 Å². The van der Waals surface area contributed by atoms with Crippen LogP contribution in [0.1, 0.15) is 29.5 Å². The van der Waals surface area contributed by atoms with E-state index in [-0.39, 0.29) is 31.4 Å². The fourth-order valence-electron chi connectivity index (χ4n) is 3.92. The van der Waals surface area contributed by atoms with E-state index in [1.54, 1.807) is 4.90 Å². The van der Waals surface area contributed by atoms with Gasteiger partial charge in [0.05, 0.1) is 18.2 Å². The Bertz CT molecular complexity index is 1050. The molecule has 0 aromatic heterocycles.